The summed E-state index contributed by atoms with van der Waals surface area (Å²) in [4.78, 5) is 2.05. The molecular formula is C11H7ClF6N4O2S. The Hall–Kier alpha value is -2.02. The largest absolute Gasteiger partial charge is 0.502 e. The summed E-state index contributed by atoms with van der Waals surface area (Å²) in [5.74, 6) is -1.54. The number of sulfone groups is 1. The molecule has 0 fully saturated rings. The maximum Gasteiger partial charge on any atom is 0.502 e. The first-order valence-electron chi connectivity index (χ1n) is 6.07. The fourth-order valence-electron chi connectivity index (χ4n) is 1.88. The average molecular weight is 409 g/mol. The molecule has 2 N–H and O–H groups in total. The van der Waals surface area contributed by atoms with Gasteiger partial charge in [-0.1, -0.05) is 11.6 Å². The maximum absolute atomic E-state index is 12.7. The number of aryl methyl sites for hydroxylation is 1. The van der Waals surface area contributed by atoms with Gasteiger partial charge >= 0.3 is 11.7 Å². The van der Waals surface area contributed by atoms with Gasteiger partial charge in [0.15, 0.2) is 5.82 Å². The highest BCUT2D eigenvalue weighted by Gasteiger charge is 2.50. The molecule has 0 spiro atoms. The molecule has 2 rings (SSSR count). The minimum absolute atomic E-state index is 0.357. The van der Waals surface area contributed by atoms with Crippen molar-refractivity contribution in [3.63, 3.8) is 0 Å². The van der Waals surface area contributed by atoms with E-state index in [9.17, 15) is 34.8 Å². The van der Waals surface area contributed by atoms with Gasteiger partial charge in [0.1, 0.15) is 10.7 Å². The molecule has 0 aliphatic carbocycles. The Kier molecular flexibility index (Phi) is 4.45. The molecular weight excluding hydrogens is 402 g/mol. The van der Waals surface area contributed by atoms with E-state index in [1.165, 1.54) is 0 Å². The number of nitrogens with zero attached hydrogens (tertiary/aromatic N) is 3. The van der Waals surface area contributed by atoms with Crippen molar-refractivity contribution >= 4 is 27.3 Å². The van der Waals surface area contributed by atoms with Gasteiger partial charge in [-0.2, -0.15) is 36.1 Å². The van der Waals surface area contributed by atoms with E-state index in [1.807, 2.05) is 0 Å². The fraction of sp³-hybridized carbons (Fsp3) is 0.273. The van der Waals surface area contributed by atoms with Crippen LogP contribution in [0.15, 0.2) is 17.2 Å². The zero-order valence-electron chi connectivity index (χ0n) is 11.9. The number of hydrogen-bond donors (Lipinski definition) is 1. The van der Waals surface area contributed by atoms with Gasteiger partial charge < -0.3 is 5.73 Å². The normalized spacial score (nSPS) is 13.3. The number of halogens is 7. The summed E-state index contributed by atoms with van der Waals surface area (Å²) < 4.78 is 99.4. The van der Waals surface area contributed by atoms with Gasteiger partial charge in [-0.25, -0.2) is 13.4 Å². The monoisotopic (exact) mass is 408 g/mol. The molecule has 2 heterocycles. The molecule has 2 aromatic rings. The number of hydrogen-bond acceptors (Lipinski definition) is 5. The summed E-state index contributed by atoms with van der Waals surface area (Å²) in [7, 11) is -5.83. The number of alkyl halides is 6. The average Bonchev–Trinajstić information content (AvgIpc) is 2.71. The van der Waals surface area contributed by atoms with Crippen LogP contribution in [0.3, 0.4) is 0 Å². The Balaban J connectivity index is 2.67. The number of nitrogens with two attached hydrogens (primary N) is 1. The minimum atomic E-state index is -5.83. The summed E-state index contributed by atoms with van der Waals surface area (Å²) in [6.45, 7) is 0.934. The lowest BCUT2D eigenvalue weighted by Crippen LogP contribution is -2.24. The number of nitrogen functional groups attached to an aromatic ring is 1. The standard InChI is InChI=1S/C11H7ClF6N4O2S/c1-4-7(25(23,24)11(16,17)18)8(19)22(21-4)9-6(12)2-5(3-20-9)10(13,14)15/h2-3H,19H2,1H3. The molecule has 0 aromatic carbocycles. The zero-order valence-corrected chi connectivity index (χ0v) is 13.5. The lowest BCUT2D eigenvalue weighted by molar-refractivity contribution is -0.137. The Morgan fingerprint density at radius 2 is 1.76 bits per heavy atom. The number of rotatable bonds is 2. The molecule has 14 heteroatoms. The van der Waals surface area contributed by atoms with Crippen molar-refractivity contribution < 1.29 is 34.8 Å². The predicted molar refractivity (Wildman–Crippen MR) is 73.8 cm³/mol. The van der Waals surface area contributed by atoms with Crippen LogP contribution >= 0.6 is 11.6 Å². The fourth-order valence-corrected chi connectivity index (χ4v) is 3.15. The Morgan fingerprint density at radius 3 is 2.20 bits per heavy atom. The lowest BCUT2D eigenvalue weighted by Gasteiger charge is -2.11. The summed E-state index contributed by atoms with van der Waals surface area (Å²) >= 11 is 5.66. The molecule has 138 valence electrons. The van der Waals surface area contributed by atoms with Crippen molar-refractivity contribution in [2.45, 2.75) is 23.5 Å². The quantitative estimate of drug-likeness (QED) is 0.771. The van der Waals surface area contributed by atoms with Crippen molar-refractivity contribution in [2.24, 2.45) is 0 Å². The van der Waals surface area contributed by atoms with Crippen LogP contribution in [0.25, 0.3) is 5.82 Å². The third kappa shape index (κ3) is 3.25. The second-order valence-electron chi connectivity index (χ2n) is 4.69. The first-order chi connectivity index (χ1) is 11.2. The maximum atomic E-state index is 12.7. The minimum Gasteiger partial charge on any atom is -0.382 e. The highest BCUT2D eigenvalue weighted by molar-refractivity contribution is 7.92. The topological polar surface area (TPSA) is 90.9 Å². The molecule has 25 heavy (non-hydrogen) atoms. The lowest BCUT2D eigenvalue weighted by atomic mass is 10.3. The number of pyridine rings is 1. The second kappa shape index (κ2) is 5.76. The van der Waals surface area contributed by atoms with E-state index in [2.05, 4.69) is 10.1 Å². The summed E-state index contributed by atoms with van der Waals surface area (Å²) in [5, 5.41) is 2.86. The molecule has 6 nitrogen and oxygen atoms in total. The van der Waals surface area contributed by atoms with Crippen molar-refractivity contribution in [3.8, 4) is 5.82 Å². The van der Waals surface area contributed by atoms with Crippen LogP contribution in [0.2, 0.25) is 5.02 Å². The van der Waals surface area contributed by atoms with Crippen LogP contribution in [0.4, 0.5) is 32.2 Å². The van der Waals surface area contributed by atoms with Gasteiger partial charge in [0.05, 0.1) is 16.3 Å². The molecule has 0 amide bonds. The van der Waals surface area contributed by atoms with Gasteiger partial charge in [-0.05, 0) is 13.0 Å². The van der Waals surface area contributed by atoms with Crippen molar-refractivity contribution in [2.75, 3.05) is 5.73 Å². The molecule has 0 atom stereocenters. The smallest absolute Gasteiger partial charge is 0.382 e. The zero-order chi connectivity index (χ0) is 19.4. The Labute approximate surface area is 141 Å². The molecule has 0 saturated heterocycles. The Morgan fingerprint density at radius 1 is 1.20 bits per heavy atom. The highest BCUT2D eigenvalue weighted by Crippen LogP contribution is 2.37. The van der Waals surface area contributed by atoms with Crippen LogP contribution in [0, 0.1) is 6.92 Å². The first kappa shape index (κ1) is 19.3. The van der Waals surface area contributed by atoms with E-state index in [4.69, 9.17) is 17.3 Å². The SMILES string of the molecule is Cc1nn(-c2ncc(C(F)(F)F)cc2Cl)c(N)c1S(=O)(=O)C(F)(F)F. The molecule has 2 aromatic heterocycles. The van der Waals surface area contributed by atoms with Crippen LogP contribution in [-0.2, 0) is 16.0 Å². The summed E-state index contributed by atoms with van der Waals surface area (Å²) in [6, 6.07) is 0.457. The van der Waals surface area contributed by atoms with Crippen molar-refractivity contribution in [1.29, 1.82) is 0 Å². The van der Waals surface area contributed by atoms with Crippen molar-refractivity contribution in [3.05, 3.63) is 28.5 Å². The van der Waals surface area contributed by atoms with E-state index in [-0.39, 0.29) is 0 Å². The number of anilines is 1. The van der Waals surface area contributed by atoms with Gasteiger partial charge in [-0.3, -0.25) is 0 Å². The van der Waals surface area contributed by atoms with Crippen LogP contribution < -0.4 is 5.73 Å². The summed E-state index contributed by atoms with van der Waals surface area (Å²) in [6.07, 6.45) is -4.40. The van der Waals surface area contributed by atoms with Gasteiger partial charge in [-0.15, -0.1) is 0 Å². The van der Waals surface area contributed by atoms with E-state index in [1.54, 1.807) is 0 Å². The molecule has 0 saturated carbocycles. The van der Waals surface area contributed by atoms with Crippen molar-refractivity contribution in [1.82, 2.24) is 14.8 Å². The van der Waals surface area contributed by atoms with Crippen LogP contribution in [0.1, 0.15) is 11.3 Å². The van der Waals surface area contributed by atoms with Crippen LogP contribution in [0.5, 0.6) is 0 Å². The number of aromatic nitrogens is 3. The molecule has 0 bridgehead atoms. The summed E-state index contributed by atoms with van der Waals surface area (Å²) in [5.41, 5.74) is -2.06. The van der Waals surface area contributed by atoms with Gasteiger partial charge in [0, 0.05) is 6.20 Å². The Bertz CT molecular complexity index is 935. The van der Waals surface area contributed by atoms with E-state index >= 15 is 0 Å². The van der Waals surface area contributed by atoms with Gasteiger partial charge in [0.2, 0.25) is 0 Å². The van der Waals surface area contributed by atoms with Gasteiger partial charge in [0.25, 0.3) is 9.84 Å². The van der Waals surface area contributed by atoms with E-state index < -0.39 is 54.3 Å². The van der Waals surface area contributed by atoms with E-state index in [0.717, 1.165) is 6.92 Å². The second-order valence-corrected chi connectivity index (χ2v) is 6.97. The van der Waals surface area contributed by atoms with E-state index in [0.29, 0.717) is 16.9 Å². The predicted octanol–water partition coefficient (Wildman–Crippen LogP) is 3.12. The van der Waals surface area contributed by atoms with Crippen LogP contribution in [-0.4, -0.2) is 28.7 Å². The molecule has 0 radical (unpaired) electrons. The highest BCUT2D eigenvalue weighted by atomic mass is 35.5. The third-order valence-electron chi connectivity index (χ3n) is 2.96. The molecule has 0 aliphatic heterocycles. The third-order valence-corrected chi connectivity index (χ3v) is 4.89. The molecule has 0 aliphatic rings. The first-order valence-corrected chi connectivity index (χ1v) is 7.93. The molecule has 0 unspecified atom stereocenters.